The SMILES string of the molecule is CN(CC1CCCN1C)C(=O)C(C)(C)C1CCCNC1. The van der Waals surface area contributed by atoms with Gasteiger partial charge in [-0.3, -0.25) is 4.79 Å². The third kappa shape index (κ3) is 3.34. The largest absolute Gasteiger partial charge is 0.344 e. The molecule has 0 aromatic heterocycles. The van der Waals surface area contributed by atoms with Gasteiger partial charge in [0.25, 0.3) is 0 Å². The Kier molecular flexibility index (Phi) is 5.08. The number of nitrogens with zero attached hydrogens (tertiary/aromatic N) is 2. The summed E-state index contributed by atoms with van der Waals surface area (Å²) in [5.41, 5.74) is -0.251. The van der Waals surface area contributed by atoms with Gasteiger partial charge in [0.1, 0.15) is 0 Å². The number of likely N-dealkylation sites (tertiary alicyclic amines) is 1. The lowest BCUT2D eigenvalue weighted by Gasteiger charge is -2.39. The van der Waals surface area contributed by atoms with Gasteiger partial charge >= 0.3 is 0 Å². The normalized spacial score (nSPS) is 28.6. The molecule has 4 heteroatoms. The highest BCUT2D eigenvalue weighted by Crippen LogP contribution is 2.33. The van der Waals surface area contributed by atoms with Crippen molar-refractivity contribution in [3.63, 3.8) is 0 Å². The Bertz CT molecular complexity index is 337. The molecule has 4 nitrogen and oxygen atoms in total. The van der Waals surface area contributed by atoms with Gasteiger partial charge < -0.3 is 15.1 Å². The summed E-state index contributed by atoms with van der Waals surface area (Å²) in [6.45, 7) is 8.38. The molecule has 20 heavy (non-hydrogen) atoms. The summed E-state index contributed by atoms with van der Waals surface area (Å²) in [7, 11) is 4.15. The number of likely N-dealkylation sites (N-methyl/N-ethyl adjacent to an activating group) is 2. The Morgan fingerprint density at radius 3 is 2.65 bits per heavy atom. The van der Waals surface area contributed by atoms with E-state index in [0.29, 0.717) is 17.9 Å². The summed E-state index contributed by atoms with van der Waals surface area (Å²) in [5.74, 6) is 0.777. The monoisotopic (exact) mass is 281 g/mol. The fourth-order valence-corrected chi connectivity index (χ4v) is 3.74. The molecule has 2 aliphatic rings. The fraction of sp³-hybridized carbons (Fsp3) is 0.938. The lowest BCUT2D eigenvalue weighted by molar-refractivity contribution is -0.143. The molecule has 2 atom stereocenters. The zero-order chi connectivity index (χ0) is 14.8. The van der Waals surface area contributed by atoms with Crippen LogP contribution >= 0.6 is 0 Å². The van der Waals surface area contributed by atoms with Crippen LogP contribution in [0.3, 0.4) is 0 Å². The molecule has 0 aliphatic carbocycles. The van der Waals surface area contributed by atoms with Crippen LogP contribution in [-0.4, -0.2) is 62.0 Å². The molecule has 0 bridgehead atoms. The Balaban J connectivity index is 1.93. The predicted octanol–water partition coefficient (Wildman–Crippen LogP) is 1.56. The van der Waals surface area contributed by atoms with Gasteiger partial charge in [0.15, 0.2) is 0 Å². The molecule has 2 heterocycles. The highest BCUT2D eigenvalue weighted by atomic mass is 16.2. The minimum atomic E-state index is -0.251. The summed E-state index contributed by atoms with van der Waals surface area (Å²) in [6, 6.07) is 0.546. The van der Waals surface area contributed by atoms with Gasteiger partial charge in [-0.25, -0.2) is 0 Å². The first-order chi connectivity index (χ1) is 9.43. The van der Waals surface area contributed by atoms with Crippen LogP contribution in [0.1, 0.15) is 39.5 Å². The van der Waals surface area contributed by atoms with Gasteiger partial charge in [-0.15, -0.1) is 0 Å². The van der Waals surface area contributed by atoms with E-state index in [9.17, 15) is 4.79 Å². The molecule has 2 saturated heterocycles. The van der Waals surface area contributed by atoms with E-state index < -0.39 is 0 Å². The number of nitrogens with one attached hydrogen (secondary N) is 1. The lowest BCUT2D eigenvalue weighted by Crippen LogP contribution is -2.50. The molecule has 0 aromatic carbocycles. The molecule has 1 amide bonds. The quantitative estimate of drug-likeness (QED) is 0.849. The van der Waals surface area contributed by atoms with Crippen molar-refractivity contribution in [1.82, 2.24) is 15.1 Å². The molecule has 2 aliphatic heterocycles. The van der Waals surface area contributed by atoms with Gasteiger partial charge in [-0.05, 0) is 58.3 Å². The molecule has 0 radical (unpaired) electrons. The molecule has 2 fully saturated rings. The second-order valence-electron chi connectivity index (χ2n) is 7.23. The molecule has 1 N–H and O–H groups in total. The summed E-state index contributed by atoms with van der Waals surface area (Å²) in [6.07, 6.45) is 4.85. The van der Waals surface area contributed by atoms with Crippen LogP contribution in [0.5, 0.6) is 0 Å². The number of amides is 1. The van der Waals surface area contributed by atoms with Crippen LogP contribution in [0, 0.1) is 11.3 Å². The smallest absolute Gasteiger partial charge is 0.228 e. The highest BCUT2D eigenvalue weighted by molar-refractivity contribution is 5.82. The molecule has 2 unspecified atom stereocenters. The zero-order valence-corrected chi connectivity index (χ0v) is 13.6. The minimum absolute atomic E-state index is 0.251. The number of carbonyl (C=O) groups is 1. The van der Waals surface area contributed by atoms with E-state index in [1.54, 1.807) is 0 Å². The number of hydrogen-bond acceptors (Lipinski definition) is 3. The van der Waals surface area contributed by atoms with Crippen molar-refractivity contribution in [3.05, 3.63) is 0 Å². The minimum Gasteiger partial charge on any atom is -0.344 e. The molecule has 0 saturated carbocycles. The second kappa shape index (κ2) is 6.44. The molecule has 0 spiro atoms. The Morgan fingerprint density at radius 2 is 2.10 bits per heavy atom. The highest BCUT2D eigenvalue weighted by Gasteiger charge is 2.39. The van der Waals surface area contributed by atoms with E-state index in [4.69, 9.17) is 0 Å². The first-order valence-corrected chi connectivity index (χ1v) is 8.09. The van der Waals surface area contributed by atoms with E-state index in [2.05, 4.69) is 31.1 Å². The topological polar surface area (TPSA) is 35.6 Å². The van der Waals surface area contributed by atoms with Gasteiger partial charge in [-0.1, -0.05) is 13.8 Å². The average Bonchev–Trinajstić information content (AvgIpc) is 2.84. The van der Waals surface area contributed by atoms with Crippen molar-refractivity contribution < 1.29 is 4.79 Å². The Hall–Kier alpha value is -0.610. The number of rotatable bonds is 4. The van der Waals surface area contributed by atoms with Crippen LogP contribution in [0.25, 0.3) is 0 Å². The average molecular weight is 281 g/mol. The summed E-state index contributed by atoms with van der Waals surface area (Å²) in [5, 5.41) is 3.44. The Morgan fingerprint density at radius 1 is 1.35 bits per heavy atom. The van der Waals surface area contributed by atoms with Crippen LogP contribution in [-0.2, 0) is 4.79 Å². The summed E-state index contributed by atoms with van der Waals surface area (Å²) in [4.78, 5) is 17.2. The summed E-state index contributed by atoms with van der Waals surface area (Å²) < 4.78 is 0. The molecular formula is C16H31N3O. The van der Waals surface area contributed by atoms with E-state index in [1.807, 2.05) is 11.9 Å². The third-order valence-corrected chi connectivity index (χ3v) is 5.37. The van der Waals surface area contributed by atoms with Crippen LogP contribution in [0.4, 0.5) is 0 Å². The molecular weight excluding hydrogens is 250 g/mol. The number of carbonyl (C=O) groups excluding carboxylic acids is 1. The third-order valence-electron chi connectivity index (χ3n) is 5.37. The predicted molar refractivity (Wildman–Crippen MR) is 82.7 cm³/mol. The van der Waals surface area contributed by atoms with Crippen molar-refractivity contribution in [3.8, 4) is 0 Å². The van der Waals surface area contributed by atoms with Crippen LogP contribution in [0.15, 0.2) is 0 Å². The summed E-state index contributed by atoms with van der Waals surface area (Å²) >= 11 is 0. The molecule has 116 valence electrons. The van der Waals surface area contributed by atoms with E-state index in [1.165, 1.54) is 32.2 Å². The fourth-order valence-electron chi connectivity index (χ4n) is 3.74. The maximum atomic E-state index is 12.8. The number of hydrogen-bond donors (Lipinski definition) is 1. The van der Waals surface area contributed by atoms with Crippen molar-refractivity contribution in [1.29, 1.82) is 0 Å². The van der Waals surface area contributed by atoms with Crippen molar-refractivity contribution in [2.45, 2.75) is 45.6 Å². The molecule has 2 rings (SSSR count). The first kappa shape index (κ1) is 15.8. The van der Waals surface area contributed by atoms with Gasteiger partial charge in [0.05, 0.1) is 0 Å². The standard InChI is InChI=1S/C16H31N3O/c1-16(2,13-7-5-9-17-11-13)15(20)19(4)12-14-8-6-10-18(14)3/h13-14,17H,5-12H2,1-4H3. The Labute approximate surface area is 123 Å². The maximum Gasteiger partial charge on any atom is 0.228 e. The van der Waals surface area contributed by atoms with Crippen LogP contribution in [0.2, 0.25) is 0 Å². The van der Waals surface area contributed by atoms with Crippen molar-refractivity contribution in [2.24, 2.45) is 11.3 Å². The number of piperidine rings is 1. The van der Waals surface area contributed by atoms with Crippen LogP contribution < -0.4 is 5.32 Å². The van der Waals surface area contributed by atoms with E-state index >= 15 is 0 Å². The van der Waals surface area contributed by atoms with Gasteiger partial charge in [0.2, 0.25) is 5.91 Å². The van der Waals surface area contributed by atoms with Gasteiger partial charge in [0, 0.05) is 25.0 Å². The van der Waals surface area contributed by atoms with Crippen molar-refractivity contribution >= 4 is 5.91 Å². The lowest BCUT2D eigenvalue weighted by atomic mass is 9.74. The maximum absolute atomic E-state index is 12.8. The van der Waals surface area contributed by atoms with E-state index in [-0.39, 0.29) is 5.41 Å². The zero-order valence-electron chi connectivity index (χ0n) is 13.6. The van der Waals surface area contributed by atoms with Crippen molar-refractivity contribution in [2.75, 3.05) is 40.3 Å². The van der Waals surface area contributed by atoms with Gasteiger partial charge in [-0.2, -0.15) is 0 Å². The second-order valence-corrected chi connectivity index (χ2v) is 7.23. The molecule has 0 aromatic rings. The van der Waals surface area contributed by atoms with E-state index in [0.717, 1.165) is 19.6 Å². The first-order valence-electron chi connectivity index (χ1n) is 8.09.